The summed E-state index contributed by atoms with van der Waals surface area (Å²) in [7, 11) is 1.61. The van der Waals surface area contributed by atoms with Crippen LogP contribution in [0.5, 0.6) is 5.75 Å². The minimum absolute atomic E-state index is 0.0522. The van der Waals surface area contributed by atoms with Crippen molar-refractivity contribution in [3.63, 3.8) is 0 Å². The Morgan fingerprint density at radius 3 is 2.63 bits per heavy atom. The lowest BCUT2D eigenvalue weighted by molar-refractivity contribution is 0.0663. The van der Waals surface area contributed by atoms with Crippen LogP contribution in [-0.4, -0.2) is 31.0 Å². The minimum Gasteiger partial charge on any atom is -0.497 e. The number of rotatable bonds is 2. The molecule has 1 fully saturated rings. The number of hydrogen-bond donors (Lipinski definition) is 0. The van der Waals surface area contributed by atoms with Crippen LogP contribution in [0.1, 0.15) is 36.2 Å². The van der Waals surface area contributed by atoms with Crippen LogP contribution in [0.4, 0.5) is 0 Å². The second kappa shape index (κ2) is 8.14. The number of methoxy groups -OCH3 is 1. The molecule has 0 radical (unpaired) electrons. The number of nitrogens with zero attached hydrogens (tertiary/aromatic N) is 1. The van der Waals surface area contributed by atoms with Gasteiger partial charge in [0.15, 0.2) is 0 Å². The van der Waals surface area contributed by atoms with Crippen molar-refractivity contribution in [1.29, 1.82) is 0 Å². The first-order valence-electron chi connectivity index (χ1n) is 9.19. The Balaban J connectivity index is 1.72. The standard InChI is InChI=1S/C24H25NO2/c1-24(2)18-25(23(26)20-12-8-14-22(17-20)27-3)16-15-21(24)13-7-11-19-9-5-4-6-10-19/h4-6,8-10,12-14,17H,15-16,18H2,1-3H3/b21-13+. The Hall–Kier alpha value is -2.99. The van der Waals surface area contributed by atoms with Crippen molar-refractivity contribution >= 4 is 5.91 Å². The van der Waals surface area contributed by atoms with E-state index in [1.807, 2.05) is 59.5 Å². The van der Waals surface area contributed by atoms with Crippen LogP contribution in [0.25, 0.3) is 0 Å². The van der Waals surface area contributed by atoms with Crippen LogP contribution >= 0.6 is 0 Å². The van der Waals surface area contributed by atoms with E-state index in [4.69, 9.17) is 4.74 Å². The zero-order valence-corrected chi connectivity index (χ0v) is 16.2. The van der Waals surface area contributed by atoms with Crippen molar-refractivity contribution in [2.75, 3.05) is 20.2 Å². The Bertz CT molecular complexity index is 901. The molecule has 0 saturated carbocycles. The molecular weight excluding hydrogens is 334 g/mol. The summed E-state index contributed by atoms with van der Waals surface area (Å²) in [6.45, 7) is 5.74. The fraction of sp³-hybridized carbons (Fsp3) is 0.292. The van der Waals surface area contributed by atoms with Crippen molar-refractivity contribution in [3.8, 4) is 17.6 Å². The summed E-state index contributed by atoms with van der Waals surface area (Å²) in [5.41, 5.74) is 2.87. The molecule has 0 bridgehead atoms. The van der Waals surface area contributed by atoms with Crippen LogP contribution in [0.3, 0.4) is 0 Å². The van der Waals surface area contributed by atoms with Gasteiger partial charge in [-0.2, -0.15) is 0 Å². The summed E-state index contributed by atoms with van der Waals surface area (Å²) < 4.78 is 5.24. The molecule has 2 aromatic rings. The highest BCUT2D eigenvalue weighted by Crippen LogP contribution is 2.34. The first kappa shape index (κ1) is 18.8. The van der Waals surface area contributed by atoms with Crippen LogP contribution in [0.2, 0.25) is 0 Å². The second-order valence-electron chi connectivity index (χ2n) is 7.40. The quantitative estimate of drug-likeness (QED) is 0.737. The molecule has 0 aromatic heterocycles. The summed E-state index contributed by atoms with van der Waals surface area (Å²) in [6, 6.07) is 17.3. The van der Waals surface area contributed by atoms with E-state index in [2.05, 4.69) is 25.7 Å². The first-order valence-corrected chi connectivity index (χ1v) is 9.19. The predicted octanol–water partition coefficient (Wildman–Crippen LogP) is 4.55. The maximum Gasteiger partial charge on any atom is 0.254 e. The molecule has 3 nitrogen and oxygen atoms in total. The third kappa shape index (κ3) is 4.60. The summed E-state index contributed by atoms with van der Waals surface area (Å²) >= 11 is 0. The monoisotopic (exact) mass is 359 g/mol. The minimum atomic E-state index is -0.0991. The lowest BCUT2D eigenvalue weighted by Crippen LogP contribution is -2.44. The van der Waals surface area contributed by atoms with Gasteiger partial charge >= 0.3 is 0 Å². The highest BCUT2D eigenvalue weighted by molar-refractivity contribution is 5.94. The van der Waals surface area contributed by atoms with Gasteiger partial charge in [0.25, 0.3) is 5.91 Å². The number of carbonyl (C=O) groups is 1. The van der Waals surface area contributed by atoms with E-state index in [1.54, 1.807) is 13.2 Å². The fourth-order valence-electron chi connectivity index (χ4n) is 3.36. The Morgan fingerprint density at radius 1 is 1.15 bits per heavy atom. The van der Waals surface area contributed by atoms with Crippen LogP contribution < -0.4 is 4.74 Å². The van der Waals surface area contributed by atoms with Gasteiger partial charge in [-0.25, -0.2) is 0 Å². The highest BCUT2D eigenvalue weighted by Gasteiger charge is 2.33. The van der Waals surface area contributed by atoms with Crippen molar-refractivity contribution in [3.05, 3.63) is 77.4 Å². The predicted molar refractivity (Wildman–Crippen MR) is 109 cm³/mol. The van der Waals surface area contributed by atoms with E-state index >= 15 is 0 Å². The molecule has 0 N–H and O–H groups in total. The molecule has 3 rings (SSSR count). The Morgan fingerprint density at radius 2 is 1.93 bits per heavy atom. The van der Waals surface area contributed by atoms with Crippen LogP contribution in [0, 0.1) is 17.3 Å². The van der Waals surface area contributed by atoms with E-state index in [1.165, 1.54) is 5.57 Å². The number of piperidine rings is 1. The molecule has 138 valence electrons. The van der Waals surface area contributed by atoms with Gasteiger partial charge in [0, 0.05) is 29.6 Å². The molecule has 0 unspecified atom stereocenters. The maximum atomic E-state index is 12.9. The van der Waals surface area contributed by atoms with Gasteiger partial charge in [-0.05, 0) is 42.8 Å². The molecular formula is C24H25NO2. The average molecular weight is 359 g/mol. The molecule has 1 saturated heterocycles. The SMILES string of the molecule is COc1cccc(C(=O)N2CC/C(=C\C#Cc3ccccc3)C(C)(C)C2)c1. The van der Waals surface area contributed by atoms with E-state index in [0.29, 0.717) is 24.4 Å². The highest BCUT2D eigenvalue weighted by atomic mass is 16.5. The molecule has 0 aliphatic carbocycles. The molecule has 1 aliphatic heterocycles. The fourth-order valence-corrected chi connectivity index (χ4v) is 3.36. The molecule has 0 spiro atoms. The molecule has 3 heteroatoms. The van der Waals surface area contributed by atoms with Gasteiger partial charge in [0.1, 0.15) is 5.75 Å². The van der Waals surface area contributed by atoms with Gasteiger partial charge in [-0.3, -0.25) is 4.79 Å². The molecule has 2 aromatic carbocycles. The second-order valence-corrected chi connectivity index (χ2v) is 7.40. The molecule has 1 amide bonds. The number of benzene rings is 2. The Labute approximate surface area is 161 Å². The smallest absolute Gasteiger partial charge is 0.254 e. The topological polar surface area (TPSA) is 29.5 Å². The van der Waals surface area contributed by atoms with Gasteiger partial charge < -0.3 is 9.64 Å². The lowest BCUT2D eigenvalue weighted by atomic mass is 9.78. The number of ether oxygens (including phenoxy) is 1. The van der Waals surface area contributed by atoms with Gasteiger partial charge in [-0.1, -0.05) is 55.5 Å². The van der Waals surface area contributed by atoms with Crippen LogP contribution in [0.15, 0.2) is 66.2 Å². The van der Waals surface area contributed by atoms with E-state index in [9.17, 15) is 4.79 Å². The van der Waals surface area contributed by atoms with Crippen molar-refractivity contribution in [2.24, 2.45) is 5.41 Å². The summed E-state index contributed by atoms with van der Waals surface area (Å²) in [5, 5.41) is 0. The number of allylic oxidation sites excluding steroid dienone is 1. The van der Waals surface area contributed by atoms with Crippen LogP contribution in [-0.2, 0) is 0 Å². The van der Waals surface area contributed by atoms with E-state index in [0.717, 1.165) is 12.0 Å². The number of hydrogen-bond acceptors (Lipinski definition) is 2. The molecule has 27 heavy (non-hydrogen) atoms. The number of amides is 1. The van der Waals surface area contributed by atoms with Gasteiger partial charge in [0.05, 0.1) is 7.11 Å². The third-order valence-electron chi connectivity index (χ3n) is 4.95. The molecule has 1 heterocycles. The average Bonchev–Trinajstić information content (AvgIpc) is 2.69. The number of carbonyl (C=O) groups excluding carboxylic acids is 1. The van der Waals surface area contributed by atoms with Crippen molar-refractivity contribution in [2.45, 2.75) is 20.3 Å². The lowest BCUT2D eigenvalue weighted by Gasteiger charge is -2.40. The van der Waals surface area contributed by atoms with E-state index < -0.39 is 0 Å². The molecule has 1 aliphatic rings. The zero-order chi connectivity index (χ0) is 19.3. The van der Waals surface area contributed by atoms with Gasteiger partial charge in [-0.15, -0.1) is 0 Å². The van der Waals surface area contributed by atoms with Gasteiger partial charge in [0.2, 0.25) is 0 Å². The van der Waals surface area contributed by atoms with Crippen molar-refractivity contribution in [1.82, 2.24) is 4.90 Å². The molecule has 0 atom stereocenters. The zero-order valence-electron chi connectivity index (χ0n) is 16.2. The maximum absolute atomic E-state index is 12.9. The summed E-state index contributed by atoms with van der Waals surface area (Å²) in [4.78, 5) is 14.8. The normalized spacial score (nSPS) is 17.1. The summed E-state index contributed by atoms with van der Waals surface area (Å²) in [5.74, 6) is 7.12. The summed E-state index contributed by atoms with van der Waals surface area (Å²) in [6.07, 6.45) is 2.87. The third-order valence-corrected chi connectivity index (χ3v) is 4.95. The Kier molecular flexibility index (Phi) is 5.66. The number of likely N-dealkylation sites (tertiary alicyclic amines) is 1. The van der Waals surface area contributed by atoms with Crippen molar-refractivity contribution < 1.29 is 9.53 Å². The largest absolute Gasteiger partial charge is 0.497 e. The van der Waals surface area contributed by atoms with E-state index in [-0.39, 0.29) is 11.3 Å². The first-order chi connectivity index (χ1) is 13.0.